The van der Waals surface area contributed by atoms with Crippen LogP contribution in [0.5, 0.6) is 0 Å². The first-order valence-electron chi connectivity index (χ1n) is 9.97. The van der Waals surface area contributed by atoms with Crippen LogP contribution in [0.15, 0.2) is 27.8 Å². The average molecular weight is 405 g/mol. The van der Waals surface area contributed by atoms with Gasteiger partial charge in [0.05, 0.1) is 5.75 Å². The summed E-state index contributed by atoms with van der Waals surface area (Å²) in [4.78, 5) is 23.7. The van der Waals surface area contributed by atoms with Gasteiger partial charge in [-0.2, -0.15) is 0 Å². The Balaban J connectivity index is 2.08. The van der Waals surface area contributed by atoms with E-state index >= 15 is 0 Å². The molecule has 28 heavy (non-hydrogen) atoms. The molecule has 0 saturated carbocycles. The van der Waals surface area contributed by atoms with Crippen molar-refractivity contribution >= 4 is 23.5 Å². The van der Waals surface area contributed by atoms with Crippen molar-refractivity contribution in [2.45, 2.75) is 58.4 Å². The van der Waals surface area contributed by atoms with Gasteiger partial charge in [-0.3, -0.25) is 4.79 Å². The Bertz CT molecular complexity index is 770. The van der Waals surface area contributed by atoms with Gasteiger partial charge in [0, 0.05) is 31.4 Å². The van der Waals surface area contributed by atoms with Crippen LogP contribution in [-0.2, 0) is 5.75 Å². The van der Waals surface area contributed by atoms with Crippen LogP contribution in [0, 0.1) is 5.92 Å². The minimum atomic E-state index is -0.174. The van der Waals surface area contributed by atoms with Gasteiger partial charge >= 0.3 is 0 Å². The van der Waals surface area contributed by atoms with Crippen LogP contribution in [0.4, 0.5) is 5.82 Å². The number of amides is 1. The minimum Gasteiger partial charge on any atom is -0.455 e. The van der Waals surface area contributed by atoms with Crippen LogP contribution in [0.3, 0.4) is 0 Å². The molecule has 0 fully saturated rings. The topological polar surface area (TPSA) is 71.3 Å². The van der Waals surface area contributed by atoms with E-state index in [2.05, 4.69) is 57.8 Å². The first-order chi connectivity index (χ1) is 13.3. The molecule has 0 bridgehead atoms. The fourth-order valence-corrected chi connectivity index (χ4v) is 3.35. The highest BCUT2D eigenvalue weighted by Gasteiger charge is 2.14. The maximum absolute atomic E-state index is 12.1. The Hall–Kier alpha value is -2.02. The molecule has 2 aromatic rings. The second-order valence-corrected chi connectivity index (χ2v) is 8.36. The summed E-state index contributed by atoms with van der Waals surface area (Å²) in [5.41, 5.74) is 1.03. The van der Waals surface area contributed by atoms with Crippen LogP contribution in [0.1, 0.15) is 69.5 Å². The van der Waals surface area contributed by atoms with Gasteiger partial charge in [-0.25, -0.2) is 9.97 Å². The molecule has 0 unspecified atom stereocenters. The van der Waals surface area contributed by atoms with Crippen LogP contribution in [0.25, 0.3) is 0 Å². The van der Waals surface area contributed by atoms with Crippen LogP contribution >= 0.6 is 11.8 Å². The molecule has 2 rings (SSSR count). The van der Waals surface area contributed by atoms with Crippen molar-refractivity contribution in [3.05, 3.63) is 35.4 Å². The van der Waals surface area contributed by atoms with Crippen LogP contribution in [-0.4, -0.2) is 35.5 Å². The summed E-state index contributed by atoms with van der Waals surface area (Å²) in [5.74, 6) is 3.18. The largest absolute Gasteiger partial charge is 0.455 e. The zero-order chi connectivity index (χ0) is 20.7. The number of furan rings is 1. The highest BCUT2D eigenvalue weighted by Crippen LogP contribution is 2.26. The maximum Gasteiger partial charge on any atom is 0.287 e. The fourth-order valence-electron chi connectivity index (χ4n) is 2.60. The zero-order valence-electron chi connectivity index (χ0n) is 17.8. The Labute approximate surface area is 172 Å². The molecule has 0 saturated heterocycles. The molecule has 0 aliphatic heterocycles. The van der Waals surface area contributed by atoms with Crippen molar-refractivity contribution in [3.63, 3.8) is 0 Å². The number of nitrogens with one attached hydrogen (secondary N) is 1. The van der Waals surface area contributed by atoms with Crippen molar-refractivity contribution in [1.82, 2.24) is 15.3 Å². The van der Waals surface area contributed by atoms with E-state index in [1.165, 1.54) is 11.8 Å². The van der Waals surface area contributed by atoms with Crippen molar-refractivity contribution in [1.29, 1.82) is 0 Å². The van der Waals surface area contributed by atoms with E-state index in [0.29, 0.717) is 29.9 Å². The molecular formula is C21H32N4O2S. The number of aromatic nitrogens is 2. The summed E-state index contributed by atoms with van der Waals surface area (Å²) in [7, 11) is 0. The molecule has 6 nitrogen and oxygen atoms in total. The second kappa shape index (κ2) is 10.5. The quantitative estimate of drug-likeness (QED) is 0.456. The monoisotopic (exact) mass is 404 g/mol. The zero-order valence-corrected chi connectivity index (χ0v) is 18.6. The number of hydrogen-bond acceptors (Lipinski definition) is 6. The number of hydrogen-bond donors (Lipinski definition) is 1. The first kappa shape index (κ1) is 22.3. The highest BCUT2D eigenvalue weighted by molar-refractivity contribution is 7.98. The SMILES string of the molecule is CCN(CC)c1cc(C(C)C)nc(SCc2ccc(C(=O)NCC(C)C)o2)n1. The first-order valence-corrected chi connectivity index (χ1v) is 11.0. The third kappa shape index (κ3) is 6.26. The standard InChI is InChI=1S/C21H32N4O2S/c1-7-25(8-2)19-11-17(15(5)6)23-21(24-19)28-13-16-9-10-18(27-16)20(26)22-12-14(3)4/h9-11,14-15H,7-8,12-13H2,1-6H3,(H,22,26). The molecular weight excluding hydrogens is 372 g/mol. The Morgan fingerprint density at radius 1 is 1.18 bits per heavy atom. The second-order valence-electron chi connectivity index (χ2n) is 7.42. The van der Waals surface area contributed by atoms with Gasteiger partial charge in [-0.1, -0.05) is 39.5 Å². The molecule has 0 aromatic carbocycles. The molecule has 0 atom stereocenters. The molecule has 0 spiro atoms. The Morgan fingerprint density at radius 3 is 2.50 bits per heavy atom. The van der Waals surface area contributed by atoms with Gasteiger partial charge < -0.3 is 14.6 Å². The van der Waals surface area contributed by atoms with Crippen molar-refractivity contribution < 1.29 is 9.21 Å². The van der Waals surface area contributed by atoms with E-state index in [1.807, 2.05) is 6.07 Å². The predicted molar refractivity (Wildman–Crippen MR) is 115 cm³/mol. The van der Waals surface area contributed by atoms with Crippen LogP contribution in [0.2, 0.25) is 0 Å². The van der Waals surface area contributed by atoms with E-state index in [4.69, 9.17) is 14.4 Å². The number of nitrogens with zero attached hydrogens (tertiary/aromatic N) is 3. The molecule has 154 valence electrons. The lowest BCUT2D eigenvalue weighted by Gasteiger charge is -2.21. The summed E-state index contributed by atoms with van der Waals surface area (Å²) >= 11 is 1.53. The number of carbonyl (C=O) groups is 1. The average Bonchev–Trinajstić information content (AvgIpc) is 3.14. The van der Waals surface area contributed by atoms with E-state index in [-0.39, 0.29) is 5.91 Å². The molecule has 2 heterocycles. The number of thioether (sulfide) groups is 1. The summed E-state index contributed by atoms with van der Waals surface area (Å²) < 4.78 is 5.70. The normalized spacial score (nSPS) is 11.3. The van der Waals surface area contributed by atoms with Crippen molar-refractivity contribution in [2.75, 3.05) is 24.5 Å². The summed E-state index contributed by atoms with van der Waals surface area (Å²) in [6.07, 6.45) is 0. The van der Waals surface area contributed by atoms with E-state index < -0.39 is 0 Å². The van der Waals surface area contributed by atoms with E-state index in [0.717, 1.165) is 35.5 Å². The molecule has 0 radical (unpaired) electrons. The lowest BCUT2D eigenvalue weighted by molar-refractivity contribution is 0.0920. The molecule has 1 N–H and O–H groups in total. The molecule has 0 aliphatic rings. The van der Waals surface area contributed by atoms with Gasteiger partial charge in [-0.15, -0.1) is 0 Å². The van der Waals surface area contributed by atoms with Crippen molar-refractivity contribution in [3.8, 4) is 0 Å². The maximum atomic E-state index is 12.1. The fraction of sp³-hybridized carbons (Fsp3) is 0.571. The van der Waals surface area contributed by atoms with Crippen LogP contribution < -0.4 is 10.2 Å². The lowest BCUT2D eigenvalue weighted by atomic mass is 10.1. The third-order valence-corrected chi connectivity index (χ3v) is 5.16. The van der Waals surface area contributed by atoms with E-state index in [9.17, 15) is 4.79 Å². The van der Waals surface area contributed by atoms with Gasteiger partial charge in [0.25, 0.3) is 5.91 Å². The lowest BCUT2D eigenvalue weighted by Crippen LogP contribution is -2.26. The Morgan fingerprint density at radius 2 is 1.89 bits per heavy atom. The third-order valence-electron chi connectivity index (χ3n) is 4.29. The van der Waals surface area contributed by atoms with E-state index in [1.54, 1.807) is 6.07 Å². The van der Waals surface area contributed by atoms with Gasteiger partial charge in [0.1, 0.15) is 11.6 Å². The molecule has 7 heteroatoms. The predicted octanol–water partition coefficient (Wildman–Crippen LogP) is 4.72. The smallest absolute Gasteiger partial charge is 0.287 e. The minimum absolute atomic E-state index is 0.174. The van der Waals surface area contributed by atoms with Gasteiger partial charge in [0.2, 0.25) is 0 Å². The number of carbonyl (C=O) groups excluding carboxylic acids is 1. The highest BCUT2D eigenvalue weighted by atomic mass is 32.2. The number of anilines is 1. The molecule has 0 aliphatic carbocycles. The van der Waals surface area contributed by atoms with Gasteiger partial charge in [-0.05, 0) is 37.8 Å². The summed E-state index contributed by atoms with van der Waals surface area (Å²) in [6, 6.07) is 5.64. The summed E-state index contributed by atoms with van der Waals surface area (Å²) in [6.45, 7) is 15.1. The molecule has 2 aromatic heterocycles. The Kier molecular flexibility index (Phi) is 8.35. The molecule has 1 amide bonds. The van der Waals surface area contributed by atoms with Crippen molar-refractivity contribution in [2.24, 2.45) is 5.92 Å². The summed E-state index contributed by atoms with van der Waals surface area (Å²) in [5, 5.41) is 3.60. The number of rotatable bonds is 10. The van der Waals surface area contributed by atoms with Gasteiger partial charge in [0.15, 0.2) is 10.9 Å².